The van der Waals surface area contributed by atoms with Crippen LogP contribution < -0.4 is 10.7 Å². The van der Waals surface area contributed by atoms with E-state index in [1.54, 1.807) is 4.68 Å². The quantitative estimate of drug-likeness (QED) is 0.643. The Labute approximate surface area is 152 Å². The summed E-state index contributed by atoms with van der Waals surface area (Å²) in [7, 11) is 0. The van der Waals surface area contributed by atoms with Gasteiger partial charge in [-0.2, -0.15) is 10.2 Å². The van der Waals surface area contributed by atoms with Gasteiger partial charge in [-0.25, -0.2) is 14.9 Å². The lowest BCUT2D eigenvalue weighted by molar-refractivity contribution is 0.233. The largest absolute Gasteiger partial charge is 0.335 e. The highest BCUT2D eigenvalue weighted by Gasteiger charge is 2.16. The van der Waals surface area contributed by atoms with E-state index in [9.17, 15) is 4.79 Å². The van der Waals surface area contributed by atoms with Gasteiger partial charge in [-0.15, -0.1) is 0 Å². The highest BCUT2D eigenvalue weighted by atomic mass is 35.5. The van der Waals surface area contributed by atoms with E-state index in [0.29, 0.717) is 10.7 Å². The van der Waals surface area contributed by atoms with Crippen molar-refractivity contribution in [1.82, 2.24) is 20.5 Å². The van der Waals surface area contributed by atoms with E-state index in [2.05, 4.69) is 20.9 Å². The molecule has 2 N–H and O–H groups in total. The summed E-state index contributed by atoms with van der Waals surface area (Å²) in [4.78, 5) is 11.9. The minimum atomic E-state index is -0.285. The van der Waals surface area contributed by atoms with Crippen LogP contribution in [0.5, 0.6) is 0 Å². The number of urea groups is 1. The fourth-order valence-corrected chi connectivity index (χ4v) is 3.34. The number of carbonyl (C=O) groups is 1. The second-order valence-electron chi connectivity index (χ2n) is 6.22. The fourth-order valence-electron chi connectivity index (χ4n) is 3.02. The predicted molar refractivity (Wildman–Crippen MR) is 99.4 cm³/mol. The van der Waals surface area contributed by atoms with Crippen molar-refractivity contribution in [2.45, 2.75) is 45.1 Å². The molecule has 1 saturated carbocycles. The van der Waals surface area contributed by atoms with Crippen LogP contribution in [0.4, 0.5) is 4.79 Å². The summed E-state index contributed by atoms with van der Waals surface area (Å²) in [6.07, 6.45) is 7.19. The molecule has 2 amide bonds. The summed E-state index contributed by atoms with van der Waals surface area (Å²) >= 11 is 6.42. The minimum absolute atomic E-state index is 0.245. The molecule has 6 nitrogen and oxygen atoms in total. The van der Waals surface area contributed by atoms with Crippen molar-refractivity contribution in [2.24, 2.45) is 5.10 Å². The molecule has 3 rings (SSSR count). The first-order valence-electron chi connectivity index (χ1n) is 8.55. The van der Waals surface area contributed by atoms with Crippen LogP contribution in [0.2, 0.25) is 5.15 Å². The number of nitrogens with one attached hydrogen (secondary N) is 2. The summed E-state index contributed by atoms with van der Waals surface area (Å²) in [5, 5.41) is 11.9. The number of aromatic nitrogens is 2. The van der Waals surface area contributed by atoms with Crippen molar-refractivity contribution in [2.75, 3.05) is 0 Å². The molecule has 0 spiro atoms. The van der Waals surface area contributed by atoms with E-state index >= 15 is 0 Å². The van der Waals surface area contributed by atoms with Crippen LogP contribution in [0.1, 0.15) is 43.4 Å². The number of hydrazone groups is 1. The lowest BCUT2D eigenvalue weighted by Gasteiger charge is -2.22. The zero-order valence-corrected chi connectivity index (χ0v) is 15.0. The third kappa shape index (κ3) is 4.39. The molecule has 1 aromatic heterocycles. The number of hydrogen-bond donors (Lipinski definition) is 2. The lowest BCUT2D eigenvalue weighted by atomic mass is 9.96. The topological polar surface area (TPSA) is 71.3 Å². The molecule has 2 aromatic rings. The third-order valence-electron chi connectivity index (χ3n) is 4.35. The number of aryl methyl sites for hydroxylation is 1. The summed E-state index contributed by atoms with van der Waals surface area (Å²) in [5.41, 5.74) is 4.81. The molecular formula is C18H22ClN5O. The van der Waals surface area contributed by atoms with Crippen LogP contribution >= 0.6 is 11.6 Å². The molecule has 25 heavy (non-hydrogen) atoms. The van der Waals surface area contributed by atoms with Gasteiger partial charge in [0.15, 0.2) is 0 Å². The van der Waals surface area contributed by atoms with E-state index in [0.717, 1.165) is 24.2 Å². The SMILES string of the molecule is Cc1nn(-c2ccccc2)c(Cl)c1/C=N/NC(=O)NC1CCCCC1. The van der Waals surface area contributed by atoms with Crippen molar-refractivity contribution in [3.05, 3.63) is 46.7 Å². The Morgan fingerprint density at radius 1 is 1.28 bits per heavy atom. The molecule has 7 heteroatoms. The summed E-state index contributed by atoms with van der Waals surface area (Å²) in [6.45, 7) is 1.86. The maximum Gasteiger partial charge on any atom is 0.335 e. The van der Waals surface area contributed by atoms with E-state index < -0.39 is 0 Å². The highest BCUT2D eigenvalue weighted by Crippen LogP contribution is 2.22. The monoisotopic (exact) mass is 359 g/mol. The van der Waals surface area contributed by atoms with Crippen LogP contribution in [0.15, 0.2) is 35.4 Å². The third-order valence-corrected chi connectivity index (χ3v) is 4.71. The van der Waals surface area contributed by atoms with E-state index in [4.69, 9.17) is 11.6 Å². The highest BCUT2D eigenvalue weighted by molar-refractivity contribution is 6.32. The van der Waals surface area contributed by atoms with Crippen LogP contribution in [0.25, 0.3) is 5.69 Å². The Bertz CT molecular complexity index is 750. The van der Waals surface area contributed by atoms with Crippen molar-refractivity contribution >= 4 is 23.8 Å². The number of carbonyl (C=O) groups excluding carboxylic acids is 1. The number of benzene rings is 1. The van der Waals surface area contributed by atoms with Crippen molar-refractivity contribution in [3.8, 4) is 5.69 Å². The summed E-state index contributed by atoms with van der Waals surface area (Å²) in [6, 6.07) is 9.60. The van der Waals surface area contributed by atoms with E-state index in [1.807, 2.05) is 37.3 Å². The Balaban J connectivity index is 1.63. The van der Waals surface area contributed by atoms with Gasteiger partial charge in [-0.05, 0) is 31.9 Å². The van der Waals surface area contributed by atoms with Crippen LogP contribution in [0.3, 0.4) is 0 Å². The molecule has 0 aliphatic heterocycles. The normalized spacial score (nSPS) is 15.4. The van der Waals surface area contributed by atoms with Gasteiger partial charge in [0, 0.05) is 6.04 Å². The zero-order valence-electron chi connectivity index (χ0n) is 14.2. The Morgan fingerprint density at radius 3 is 2.72 bits per heavy atom. The molecular weight excluding hydrogens is 338 g/mol. The van der Waals surface area contributed by atoms with Gasteiger partial charge in [0.1, 0.15) is 5.15 Å². The number of halogens is 1. The fraction of sp³-hybridized carbons (Fsp3) is 0.389. The first-order valence-corrected chi connectivity index (χ1v) is 8.93. The first kappa shape index (κ1) is 17.5. The first-order chi connectivity index (χ1) is 12.1. The molecule has 1 aromatic carbocycles. The zero-order chi connectivity index (χ0) is 17.6. The molecule has 0 saturated heterocycles. The maximum atomic E-state index is 11.9. The van der Waals surface area contributed by atoms with Gasteiger partial charge in [0.25, 0.3) is 0 Å². The Morgan fingerprint density at radius 2 is 2.00 bits per heavy atom. The molecule has 0 atom stereocenters. The molecule has 0 radical (unpaired) electrons. The van der Waals surface area contributed by atoms with Gasteiger partial charge in [0.2, 0.25) is 0 Å². The second kappa shape index (κ2) is 8.16. The molecule has 0 bridgehead atoms. The lowest BCUT2D eigenvalue weighted by Crippen LogP contribution is -2.41. The molecule has 132 valence electrons. The molecule has 1 aliphatic carbocycles. The number of para-hydroxylation sites is 1. The molecule has 1 heterocycles. The minimum Gasteiger partial charge on any atom is -0.334 e. The van der Waals surface area contributed by atoms with Crippen LogP contribution in [-0.2, 0) is 0 Å². The molecule has 1 fully saturated rings. The van der Waals surface area contributed by atoms with Crippen molar-refractivity contribution in [3.63, 3.8) is 0 Å². The number of hydrogen-bond acceptors (Lipinski definition) is 3. The average molecular weight is 360 g/mol. The summed E-state index contributed by atoms with van der Waals surface area (Å²) < 4.78 is 1.65. The van der Waals surface area contributed by atoms with E-state index in [-0.39, 0.29) is 12.1 Å². The smallest absolute Gasteiger partial charge is 0.334 e. The van der Waals surface area contributed by atoms with Crippen LogP contribution in [-0.4, -0.2) is 28.1 Å². The number of nitrogens with zero attached hydrogens (tertiary/aromatic N) is 3. The molecule has 1 aliphatic rings. The van der Waals surface area contributed by atoms with Crippen LogP contribution in [0, 0.1) is 6.92 Å². The van der Waals surface area contributed by atoms with Crippen molar-refractivity contribution < 1.29 is 4.79 Å². The second-order valence-corrected chi connectivity index (χ2v) is 6.57. The van der Waals surface area contributed by atoms with Gasteiger partial charge < -0.3 is 5.32 Å². The number of rotatable bonds is 4. The summed E-state index contributed by atoms with van der Waals surface area (Å²) in [5.74, 6) is 0. The number of amides is 2. The van der Waals surface area contributed by atoms with Gasteiger partial charge in [-0.1, -0.05) is 49.1 Å². The maximum absolute atomic E-state index is 11.9. The standard InChI is InChI=1S/C18H22ClN5O/c1-13-16(17(19)24(23-13)15-10-6-3-7-11-15)12-20-22-18(25)21-14-8-4-2-5-9-14/h3,6-7,10-12,14H,2,4-5,8-9H2,1H3,(H2,21,22,25)/b20-12+. The van der Waals surface area contributed by atoms with Crippen molar-refractivity contribution in [1.29, 1.82) is 0 Å². The predicted octanol–water partition coefficient (Wildman–Crippen LogP) is 3.80. The Hall–Kier alpha value is -2.34. The van der Waals surface area contributed by atoms with E-state index in [1.165, 1.54) is 25.5 Å². The average Bonchev–Trinajstić information content (AvgIpc) is 2.91. The van der Waals surface area contributed by atoms with Gasteiger partial charge >= 0.3 is 6.03 Å². The Kier molecular flexibility index (Phi) is 5.71. The van der Waals surface area contributed by atoms with Gasteiger partial charge in [-0.3, -0.25) is 0 Å². The van der Waals surface area contributed by atoms with Gasteiger partial charge in [0.05, 0.1) is 23.2 Å². The molecule has 0 unspecified atom stereocenters.